The SMILES string of the molecule is CCOC(=O)CCCSC1=N/C(=C\c2ccsc2)C(=O)N1c1ccc(OC)c(Cl)c1. The smallest absolute Gasteiger partial charge is 0.305 e. The number of hydrogen-bond acceptors (Lipinski definition) is 7. The summed E-state index contributed by atoms with van der Waals surface area (Å²) in [6.45, 7) is 2.15. The van der Waals surface area contributed by atoms with Crippen LogP contribution in [0.4, 0.5) is 5.69 Å². The van der Waals surface area contributed by atoms with Crippen LogP contribution in [-0.2, 0) is 14.3 Å². The van der Waals surface area contributed by atoms with Gasteiger partial charge in [0.1, 0.15) is 11.4 Å². The number of hydrogen-bond donors (Lipinski definition) is 0. The van der Waals surface area contributed by atoms with Crippen molar-refractivity contribution in [3.63, 3.8) is 0 Å². The Morgan fingerprint density at radius 2 is 2.20 bits per heavy atom. The van der Waals surface area contributed by atoms with E-state index in [0.717, 1.165) is 5.56 Å². The molecule has 1 aromatic carbocycles. The van der Waals surface area contributed by atoms with Gasteiger partial charge in [0.05, 0.1) is 24.4 Å². The van der Waals surface area contributed by atoms with Crippen LogP contribution in [0.5, 0.6) is 5.75 Å². The van der Waals surface area contributed by atoms with Gasteiger partial charge >= 0.3 is 5.97 Å². The van der Waals surface area contributed by atoms with Gasteiger partial charge in [-0.15, -0.1) is 0 Å². The van der Waals surface area contributed by atoms with Gasteiger partial charge in [-0.2, -0.15) is 11.3 Å². The molecule has 6 nitrogen and oxygen atoms in total. The lowest BCUT2D eigenvalue weighted by atomic mass is 10.2. The number of ether oxygens (including phenoxy) is 2. The van der Waals surface area contributed by atoms with Crippen molar-refractivity contribution in [2.45, 2.75) is 19.8 Å². The van der Waals surface area contributed by atoms with Crippen molar-refractivity contribution in [2.75, 3.05) is 24.4 Å². The number of amides is 1. The zero-order valence-corrected chi connectivity index (χ0v) is 19.0. The number of carbonyl (C=O) groups excluding carboxylic acids is 2. The van der Waals surface area contributed by atoms with Gasteiger partial charge < -0.3 is 9.47 Å². The highest BCUT2D eigenvalue weighted by Crippen LogP contribution is 2.34. The number of thioether (sulfide) groups is 1. The second kappa shape index (κ2) is 10.7. The topological polar surface area (TPSA) is 68.2 Å². The fourth-order valence-electron chi connectivity index (χ4n) is 2.74. The Bertz CT molecular complexity index is 973. The summed E-state index contributed by atoms with van der Waals surface area (Å²) in [4.78, 5) is 30.8. The summed E-state index contributed by atoms with van der Waals surface area (Å²) >= 11 is 9.24. The molecule has 0 bridgehead atoms. The number of thiophene rings is 1. The maximum absolute atomic E-state index is 13.1. The monoisotopic (exact) mass is 464 g/mol. The van der Waals surface area contributed by atoms with Crippen molar-refractivity contribution < 1.29 is 19.1 Å². The minimum absolute atomic E-state index is 0.223. The maximum atomic E-state index is 13.1. The molecule has 0 saturated heterocycles. The van der Waals surface area contributed by atoms with E-state index in [1.807, 2.05) is 16.8 Å². The fourth-order valence-corrected chi connectivity index (χ4v) is 4.56. The van der Waals surface area contributed by atoms with Crippen molar-refractivity contribution in [3.8, 4) is 5.75 Å². The number of rotatable bonds is 8. The summed E-state index contributed by atoms with van der Waals surface area (Å²) in [5, 5.41) is 4.85. The molecule has 0 spiro atoms. The number of esters is 1. The first kappa shape index (κ1) is 22.4. The molecule has 2 aromatic rings. The fraction of sp³-hybridized carbons (Fsp3) is 0.286. The van der Waals surface area contributed by atoms with Crippen molar-refractivity contribution in [1.29, 1.82) is 0 Å². The van der Waals surface area contributed by atoms with E-state index in [2.05, 4.69) is 4.99 Å². The predicted molar refractivity (Wildman–Crippen MR) is 124 cm³/mol. The van der Waals surface area contributed by atoms with Crippen LogP contribution in [0.1, 0.15) is 25.3 Å². The van der Waals surface area contributed by atoms with Gasteiger partial charge in [0.2, 0.25) is 0 Å². The molecule has 2 heterocycles. The molecule has 0 fully saturated rings. The molecular weight excluding hydrogens is 444 g/mol. The van der Waals surface area contributed by atoms with Gasteiger partial charge in [-0.05, 0) is 60.0 Å². The highest BCUT2D eigenvalue weighted by atomic mass is 35.5. The lowest BCUT2D eigenvalue weighted by Gasteiger charge is -2.18. The van der Waals surface area contributed by atoms with Crippen molar-refractivity contribution in [3.05, 3.63) is 51.3 Å². The third-order valence-corrected chi connectivity index (χ3v) is 6.15. The predicted octanol–water partition coefficient (Wildman–Crippen LogP) is 5.23. The Morgan fingerprint density at radius 1 is 1.37 bits per heavy atom. The molecule has 0 unspecified atom stereocenters. The number of anilines is 1. The zero-order chi connectivity index (χ0) is 21.5. The van der Waals surface area contributed by atoms with Crippen LogP contribution in [0.15, 0.2) is 45.7 Å². The van der Waals surface area contributed by atoms with Gasteiger partial charge in [0.15, 0.2) is 5.17 Å². The number of amidine groups is 1. The van der Waals surface area contributed by atoms with Gasteiger partial charge in [-0.25, -0.2) is 4.99 Å². The van der Waals surface area contributed by atoms with E-state index in [9.17, 15) is 9.59 Å². The molecule has 0 atom stereocenters. The maximum Gasteiger partial charge on any atom is 0.305 e. The van der Waals surface area contributed by atoms with Crippen LogP contribution < -0.4 is 9.64 Å². The van der Waals surface area contributed by atoms with Crippen molar-refractivity contribution in [2.24, 2.45) is 4.99 Å². The van der Waals surface area contributed by atoms with E-state index in [4.69, 9.17) is 21.1 Å². The number of methoxy groups -OCH3 is 1. The van der Waals surface area contributed by atoms with E-state index in [1.54, 1.807) is 47.4 Å². The molecule has 1 aliphatic heterocycles. The quantitative estimate of drug-likeness (QED) is 0.304. The minimum Gasteiger partial charge on any atom is -0.495 e. The normalized spacial score (nSPS) is 14.9. The van der Waals surface area contributed by atoms with Crippen molar-refractivity contribution in [1.82, 2.24) is 0 Å². The molecule has 1 aromatic heterocycles. The molecule has 0 radical (unpaired) electrons. The first-order chi connectivity index (χ1) is 14.5. The molecule has 1 aliphatic rings. The van der Waals surface area contributed by atoms with Crippen molar-refractivity contribution >= 4 is 63.5 Å². The average molecular weight is 465 g/mol. The summed E-state index contributed by atoms with van der Waals surface area (Å²) in [6, 6.07) is 7.10. The first-order valence-electron chi connectivity index (χ1n) is 9.32. The minimum atomic E-state index is -0.227. The number of nitrogens with zero attached hydrogens (tertiary/aromatic N) is 2. The summed E-state index contributed by atoms with van der Waals surface area (Å²) < 4.78 is 10.2. The largest absolute Gasteiger partial charge is 0.495 e. The Kier molecular flexibility index (Phi) is 7.95. The van der Waals surface area contributed by atoms with Gasteiger partial charge in [0, 0.05) is 12.2 Å². The van der Waals surface area contributed by atoms with Gasteiger partial charge in [-0.1, -0.05) is 23.4 Å². The molecule has 1 amide bonds. The number of halogens is 1. The molecular formula is C21H21ClN2O4S2. The number of benzene rings is 1. The molecule has 158 valence electrons. The molecule has 3 rings (SSSR count). The van der Waals surface area contributed by atoms with Crippen LogP contribution >= 0.6 is 34.7 Å². The summed E-state index contributed by atoms with van der Waals surface area (Å²) in [5.74, 6) is 0.702. The lowest BCUT2D eigenvalue weighted by Crippen LogP contribution is -2.30. The third kappa shape index (κ3) is 5.44. The van der Waals surface area contributed by atoms with E-state index in [1.165, 1.54) is 18.9 Å². The van der Waals surface area contributed by atoms with E-state index >= 15 is 0 Å². The lowest BCUT2D eigenvalue weighted by molar-refractivity contribution is -0.143. The van der Waals surface area contributed by atoms with Crippen LogP contribution in [0.2, 0.25) is 5.02 Å². The first-order valence-corrected chi connectivity index (χ1v) is 11.6. The second-order valence-corrected chi connectivity index (χ2v) is 8.45. The summed E-state index contributed by atoms with van der Waals surface area (Å²) in [6.07, 6.45) is 2.72. The molecule has 0 aliphatic carbocycles. The molecule has 0 saturated carbocycles. The average Bonchev–Trinajstić information content (AvgIpc) is 3.34. The molecule has 0 N–H and O–H groups in total. The van der Waals surface area contributed by atoms with Crippen LogP contribution in [0.25, 0.3) is 6.08 Å². The Morgan fingerprint density at radius 3 is 2.87 bits per heavy atom. The molecule has 30 heavy (non-hydrogen) atoms. The van der Waals surface area contributed by atoms with E-state index in [0.29, 0.717) is 52.5 Å². The van der Waals surface area contributed by atoms with Crippen LogP contribution in [-0.4, -0.2) is 36.5 Å². The van der Waals surface area contributed by atoms with E-state index < -0.39 is 0 Å². The number of aliphatic imine (C=N–C) groups is 1. The molecule has 9 heteroatoms. The van der Waals surface area contributed by atoms with Gasteiger partial charge in [0.25, 0.3) is 5.91 Å². The zero-order valence-electron chi connectivity index (χ0n) is 16.6. The second-order valence-electron chi connectivity index (χ2n) is 6.20. The van der Waals surface area contributed by atoms with Gasteiger partial charge in [-0.3, -0.25) is 14.5 Å². The summed E-state index contributed by atoms with van der Waals surface area (Å²) in [5.41, 5.74) is 1.89. The third-order valence-electron chi connectivity index (χ3n) is 4.13. The highest BCUT2D eigenvalue weighted by Gasteiger charge is 2.32. The highest BCUT2D eigenvalue weighted by molar-refractivity contribution is 8.14. The standard InChI is InChI=1S/C21H21ClN2O4S2/c1-3-28-19(25)5-4-9-30-21-23-17(11-14-8-10-29-13-14)20(26)24(21)15-6-7-18(27-2)16(22)12-15/h6-8,10-13H,3-5,9H2,1-2H3/b17-11-. The van der Waals surface area contributed by atoms with E-state index in [-0.39, 0.29) is 11.9 Å². The summed E-state index contributed by atoms with van der Waals surface area (Å²) in [7, 11) is 1.54. The number of carbonyl (C=O) groups is 2. The van der Waals surface area contributed by atoms with Crippen LogP contribution in [0.3, 0.4) is 0 Å². The Labute approximate surface area is 188 Å². The Hall–Kier alpha value is -2.29. The Balaban J connectivity index is 1.81. The van der Waals surface area contributed by atoms with Crippen LogP contribution in [0, 0.1) is 0 Å².